The minimum atomic E-state index is -4.20. The van der Waals surface area contributed by atoms with E-state index < -0.39 is 18.6 Å². The van der Waals surface area contributed by atoms with Gasteiger partial charge in [-0.15, -0.1) is 0 Å². The van der Waals surface area contributed by atoms with E-state index in [4.69, 9.17) is 0 Å². The van der Waals surface area contributed by atoms with Gasteiger partial charge < -0.3 is 10.2 Å². The van der Waals surface area contributed by atoms with Crippen LogP contribution < -0.4 is 5.32 Å². The van der Waals surface area contributed by atoms with Crippen molar-refractivity contribution in [2.24, 2.45) is 0 Å². The van der Waals surface area contributed by atoms with Gasteiger partial charge in [0.1, 0.15) is 0 Å². The highest BCUT2D eigenvalue weighted by Crippen LogP contribution is 2.20. The molecule has 14 heavy (non-hydrogen) atoms. The number of urea groups is 1. The number of hydrogen-bond acceptors (Lipinski definition) is 1. The molecule has 82 valence electrons. The zero-order chi connectivity index (χ0) is 10.8. The van der Waals surface area contributed by atoms with Crippen molar-refractivity contribution in [2.75, 3.05) is 13.6 Å². The molecule has 0 bridgehead atoms. The number of rotatable bonds is 3. The first kappa shape index (κ1) is 11.1. The second kappa shape index (κ2) is 4.06. The lowest BCUT2D eigenvalue weighted by molar-refractivity contribution is -0.136. The third-order valence-corrected chi connectivity index (χ3v) is 1.98. The first-order valence-corrected chi connectivity index (χ1v) is 4.47. The van der Waals surface area contributed by atoms with Crippen molar-refractivity contribution in [1.29, 1.82) is 0 Å². The Morgan fingerprint density at radius 2 is 2.07 bits per heavy atom. The first-order chi connectivity index (χ1) is 6.38. The van der Waals surface area contributed by atoms with E-state index in [9.17, 15) is 18.0 Å². The highest BCUT2D eigenvalue weighted by Gasteiger charge is 2.29. The largest absolute Gasteiger partial charge is 0.390 e. The summed E-state index contributed by atoms with van der Waals surface area (Å²) in [7, 11) is 1.36. The molecular formula is C8H13F3N2O. The lowest BCUT2D eigenvalue weighted by Crippen LogP contribution is -2.39. The predicted octanol–water partition coefficient (Wildman–Crippen LogP) is 1.74. The Kier molecular flexibility index (Phi) is 3.23. The average molecular weight is 210 g/mol. The monoisotopic (exact) mass is 210 g/mol. The summed E-state index contributed by atoms with van der Waals surface area (Å²) in [4.78, 5) is 12.2. The standard InChI is InChI=1S/C8H13F3N2O/c1-13(5-4-8(9,10)11)7(14)12-6-2-3-6/h6H,2-5H2,1H3,(H,12,14). The topological polar surface area (TPSA) is 32.3 Å². The lowest BCUT2D eigenvalue weighted by atomic mass is 10.4. The van der Waals surface area contributed by atoms with Crippen LogP contribution in [0.2, 0.25) is 0 Å². The molecule has 3 nitrogen and oxygen atoms in total. The molecule has 0 radical (unpaired) electrons. The van der Waals surface area contributed by atoms with Crippen LogP contribution in [0, 0.1) is 0 Å². The van der Waals surface area contributed by atoms with Crippen LogP contribution in [-0.4, -0.2) is 36.7 Å². The minimum Gasteiger partial charge on any atom is -0.335 e. The van der Waals surface area contributed by atoms with Gasteiger partial charge in [0, 0.05) is 19.6 Å². The van der Waals surface area contributed by atoms with Crippen LogP contribution in [0.3, 0.4) is 0 Å². The second-order valence-electron chi connectivity index (χ2n) is 3.51. The molecule has 0 spiro atoms. The fourth-order valence-corrected chi connectivity index (χ4v) is 0.909. The lowest BCUT2D eigenvalue weighted by Gasteiger charge is -2.18. The summed E-state index contributed by atoms with van der Waals surface area (Å²) in [6.07, 6.45) is -3.30. The van der Waals surface area contributed by atoms with Crippen molar-refractivity contribution >= 4 is 6.03 Å². The first-order valence-electron chi connectivity index (χ1n) is 4.47. The van der Waals surface area contributed by atoms with Crippen molar-refractivity contribution in [2.45, 2.75) is 31.5 Å². The highest BCUT2D eigenvalue weighted by atomic mass is 19.4. The molecule has 1 saturated carbocycles. The molecule has 0 aromatic rings. The summed E-state index contributed by atoms with van der Waals surface area (Å²) in [5.41, 5.74) is 0. The van der Waals surface area contributed by atoms with Gasteiger partial charge in [-0.1, -0.05) is 0 Å². The van der Waals surface area contributed by atoms with Gasteiger partial charge >= 0.3 is 12.2 Å². The predicted molar refractivity (Wildman–Crippen MR) is 44.9 cm³/mol. The molecule has 0 aliphatic heterocycles. The van der Waals surface area contributed by atoms with E-state index in [0.717, 1.165) is 17.7 Å². The molecule has 1 rings (SSSR count). The fraction of sp³-hybridized carbons (Fsp3) is 0.875. The SMILES string of the molecule is CN(CCC(F)(F)F)C(=O)NC1CC1. The molecule has 1 aliphatic carbocycles. The van der Waals surface area contributed by atoms with Crippen molar-refractivity contribution in [3.8, 4) is 0 Å². The molecule has 0 heterocycles. The van der Waals surface area contributed by atoms with Crippen molar-refractivity contribution in [3.63, 3.8) is 0 Å². The van der Waals surface area contributed by atoms with Crippen LogP contribution in [0.15, 0.2) is 0 Å². The van der Waals surface area contributed by atoms with Gasteiger partial charge in [-0.3, -0.25) is 0 Å². The number of carbonyl (C=O) groups is 1. The van der Waals surface area contributed by atoms with Crippen LogP contribution in [0.4, 0.5) is 18.0 Å². The van der Waals surface area contributed by atoms with Crippen LogP contribution in [0.25, 0.3) is 0 Å². The number of carbonyl (C=O) groups excluding carboxylic acids is 1. The maximum absolute atomic E-state index is 11.8. The molecule has 0 unspecified atom stereocenters. The maximum Gasteiger partial charge on any atom is 0.390 e. The number of nitrogens with zero attached hydrogens (tertiary/aromatic N) is 1. The molecule has 1 aliphatic rings. The Morgan fingerprint density at radius 3 is 2.50 bits per heavy atom. The molecule has 2 amide bonds. The molecule has 1 fully saturated rings. The van der Waals surface area contributed by atoms with Gasteiger partial charge in [-0.25, -0.2) is 4.79 Å². The van der Waals surface area contributed by atoms with Gasteiger partial charge in [0.15, 0.2) is 0 Å². The van der Waals surface area contributed by atoms with Gasteiger partial charge in [-0.2, -0.15) is 13.2 Å². The van der Waals surface area contributed by atoms with Crippen molar-refractivity contribution < 1.29 is 18.0 Å². The fourth-order valence-electron chi connectivity index (χ4n) is 0.909. The number of halogens is 3. The zero-order valence-corrected chi connectivity index (χ0v) is 7.90. The smallest absolute Gasteiger partial charge is 0.335 e. The third-order valence-electron chi connectivity index (χ3n) is 1.98. The van der Waals surface area contributed by atoms with E-state index in [1.165, 1.54) is 7.05 Å². The van der Waals surface area contributed by atoms with Crippen LogP contribution >= 0.6 is 0 Å². The molecule has 0 atom stereocenters. The minimum absolute atomic E-state index is 0.177. The van der Waals surface area contributed by atoms with Gasteiger partial charge in [-0.05, 0) is 12.8 Å². The van der Waals surface area contributed by atoms with Crippen LogP contribution in [0.5, 0.6) is 0 Å². The Balaban J connectivity index is 2.19. The van der Waals surface area contributed by atoms with Gasteiger partial charge in [0.25, 0.3) is 0 Å². The number of nitrogens with one attached hydrogen (secondary N) is 1. The third kappa shape index (κ3) is 4.34. The Hall–Kier alpha value is -0.940. The molecular weight excluding hydrogens is 197 g/mol. The number of hydrogen-bond donors (Lipinski definition) is 1. The Bertz CT molecular complexity index is 213. The molecule has 1 N–H and O–H groups in total. The number of amides is 2. The van der Waals surface area contributed by atoms with E-state index in [0.29, 0.717) is 0 Å². The average Bonchev–Trinajstić information content (AvgIpc) is 2.82. The van der Waals surface area contributed by atoms with Crippen molar-refractivity contribution in [3.05, 3.63) is 0 Å². The van der Waals surface area contributed by atoms with E-state index in [1.807, 2.05) is 0 Å². The Labute approximate surface area is 80.3 Å². The zero-order valence-electron chi connectivity index (χ0n) is 7.90. The van der Waals surface area contributed by atoms with E-state index in [2.05, 4.69) is 5.32 Å². The normalized spacial score (nSPS) is 16.6. The highest BCUT2D eigenvalue weighted by molar-refractivity contribution is 5.74. The Morgan fingerprint density at radius 1 is 1.50 bits per heavy atom. The summed E-state index contributed by atoms with van der Waals surface area (Å²) >= 11 is 0. The summed E-state index contributed by atoms with van der Waals surface area (Å²) in [6.45, 7) is -0.290. The second-order valence-corrected chi connectivity index (χ2v) is 3.51. The van der Waals surface area contributed by atoms with Crippen LogP contribution in [0.1, 0.15) is 19.3 Å². The van der Waals surface area contributed by atoms with Crippen LogP contribution in [-0.2, 0) is 0 Å². The van der Waals surface area contributed by atoms with E-state index in [1.54, 1.807) is 0 Å². The van der Waals surface area contributed by atoms with Gasteiger partial charge in [0.05, 0.1) is 6.42 Å². The summed E-state index contributed by atoms with van der Waals surface area (Å²) in [6, 6.07) is -0.243. The van der Waals surface area contributed by atoms with Gasteiger partial charge in [0.2, 0.25) is 0 Å². The van der Waals surface area contributed by atoms with E-state index >= 15 is 0 Å². The summed E-state index contributed by atoms with van der Waals surface area (Å²) in [5.74, 6) is 0. The summed E-state index contributed by atoms with van der Waals surface area (Å²) in [5, 5.41) is 2.61. The number of alkyl halides is 3. The molecule has 0 aromatic heterocycles. The molecule has 6 heteroatoms. The molecule has 0 saturated heterocycles. The quantitative estimate of drug-likeness (QED) is 0.756. The van der Waals surface area contributed by atoms with E-state index in [-0.39, 0.29) is 12.6 Å². The molecule has 0 aromatic carbocycles. The summed E-state index contributed by atoms with van der Waals surface area (Å²) < 4.78 is 35.4. The maximum atomic E-state index is 11.8. The van der Waals surface area contributed by atoms with Crippen molar-refractivity contribution in [1.82, 2.24) is 10.2 Å².